The molecular weight excluding hydrogens is 244 g/mol. The standard InChI is InChI=1S/C19H20O/c20-18(7-6-14-4-2-1-3-5-14)19-11-15-8-16(12-19)10-17(9-15)13-19/h1-5,15-17H,8-13H2. The Bertz CT molecular complexity index is 552. The maximum atomic E-state index is 12.7. The zero-order chi connectivity index (χ0) is 13.6. The molecule has 4 aliphatic carbocycles. The Hall–Kier alpha value is -1.55. The van der Waals surface area contributed by atoms with E-state index < -0.39 is 0 Å². The number of carbonyl (C=O) groups is 1. The highest BCUT2D eigenvalue weighted by atomic mass is 16.1. The number of Topliss-reactive ketones (excluding diaryl/α,β-unsaturated/α-hetero) is 1. The molecule has 1 nitrogen and oxygen atoms in total. The third-order valence-corrected chi connectivity index (χ3v) is 5.61. The molecule has 0 unspecified atom stereocenters. The Kier molecular flexibility index (Phi) is 2.74. The smallest absolute Gasteiger partial charge is 0.211 e. The van der Waals surface area contributed by atoms with Crippen molar-refractivity contribution in [1.82, 2.24) is 0 Å². The quantitative estimate of drug-likeness (QED) is 0.705. The molecule has 1 heteroatoms. The lowest BCUT2D eigenvalue weighted by Gasteiger charge is -2.55. The average Bonchev–Trinajstić information content (AvgIpc) is 2.44. The van der Waals surface area contributed by atoms with Gasteiger partial charge in [-0.1, -0.05) is 24.1 Å². The van der Waals surface area contributed by atoms with E-state index in [1.807, 2.05) is 30.3 Å². The largest absolute Gasteiger partial charge is 0.284 e. The molecule has 0 saturated heterocycles. The van der Waals surface area contributed by atoms with Gasteiger partial charge in [0.2, 0.25) is 5.78 Å². The SMILES string of the molecule is O=C(C#Cc1ccccc1)C12CC3CC(CC(C3)C1)C2. The number of hydrogen-bond acceptors (Lipinski definition) is 1. The van der Waals surface area contributed by atoms with Gasteiger partial charge in [-0.15, -0.1) is 0 Å². The lowest BCUT2D eigenvalue weighted by Crippen LogP contribution is -2.49. The summed E-state index contributed by atoms with van der Waals surface area (Å²) in [5.41, 5.74) is 0.877. The van der Waals surface area contributed by atoms with Crippen molar-refractivity contribution in [2.45, 2.75) is 38.5 Å². The van der Waals surface area contributed by atoms with Crippen LogP contribution in [0.5, 0.6) is 0 Å². The van der Waals surface area contributed by atoms with Crippen LogP contribution < -0.4 is 0 Å². The fraction of sp³-hybridized carbons (Fsp3) is 0.526. The Labute approximate surface area is 120 Å². The number of rotatable bonds is 1. The van der Waals surface area contributed by atoms with Crippen LogP contribution in [0, 0.1) is 35.0 Å². The number of ketones is 1. The lowest BCUT2D eigenvalue weighted by atomic mass is 9.48. The van der Waals surface area contributed by atoms with Crippen molar-refractivity contribution in [2.24, 2.45) is 23.2 Å². The van der Waals surface area contributed by atoms with Gasteiger partial charge in [-0.3, -0.25) is 4.79 Å². The van der Waals surface area contributed by atoms with Gasteiger partial charge in [0.05, 0.1) is 0 Å². The molecule has 5 rings (SSSR count). The van der Waals surface area contributed by atoms with E-state index in [9.17, 15) is 4.79 Å². The van der Waals surface area contributed by atoms with E-state index >= 15 is 0 Å². The normalized spacial score (nSPS) is 37.3. The monoisotopic (exact) mass is 264 g/mol. The predicted octanol–water partition coefficient (Wildman–Crippen LogP) is 3.82. The first-order valence-corrected chi connectivity index (χ1v) is 7.85. The van der Waals surface area contributed by atoms with Crippen molar-refractivity contribution in [2.75, 3.05) is 0 Å². The van der Waals surface area contributed by atoms with Gasteiger partial charge in [-0.25, -0.2) is 0 Å². The van der Waals surface area contributed by atoms with E-state index in [1.165, 1.54) is 19.3 Å². The number of hydrogen-bond donors (Lipinski definition) is 0. The van der Waals surface area contributed by atoms with Gasteiger partial charge >= 0.3 is 0 Å². The minimum Gasteiger partial charge on any atom is -0.284 e. The Morgan fingerprint density at radius 3 is 2.05 bits per heavy atom. The van der Waals surface area contributed by atoms with Crippen molar-refractivity contribution in [3.05, 3.63) is 35.9 Å². The van der Waals surface area contributed by atoms with Crippen LogP contribution in [0.2, 0.25) is 0 Å². The van der Waals surface area contributed by atoms with Gasteiger partial charge in [0, 0.05) is 11.0 Å². The first-order chi connectivity index (χ1) is 9.73. The van der Waals surface area contributed by atoms with Crippen LogP contribution in [-0.4, -0.2) is 5.78 Å². The summed E-state index contributed by atoms with van der Waals surface area (Å²) < 4.78 is 0. The fourth-order valence-electron chi connectivity index (χ4n) is 5.17. The summed E-state index contributed by atoms with van der Waals surface area (Å²) in [6.45, 7) is 0. The zero-order valence-corrected chi connectivity index (χ0v) is 11.8. The average molecular weight is 264 g/mol. The highest BCUT2D eigenvalue weighted by Crippen LogP contribution is 2.60. The minimum atomic E-state index is -0.0729. The number of carbonyl (C=O) groups excluding carboxylic acids is 1. The maximum Gasteiger partial charge on any atom is 0.211 e. The van der Waals surface area contributed by atoms with Gasteiger partial charge in [0.1, 0.15) is 0 Å². The minimum absolute atomic E-state index is 0.0729. The maximum absolute atomic E-state index is 12.7. The molecule has 1 aromatic rings. The molecule has 0 N–H and O–H groups in total. The molecule has 0 spiro atoms. The molecule has 1 aromatic carbocycles. The summed E-state index contributed by atoms with van der Waals surface area (Å²) in [5.74, 6) is 8.69. The molecule has 4 aliphatic rings. The second-order valence-electron chi connectivity index (χ2n) is 7.14. The van der Waals surface area contributed by atoms with Gasteiger partial charge in [0.25, 0.3) is 0 Å². The third kappa shape index (κ3) is 1.99. The van der Waals surface area contributed by atoms with Gasteiger partial charge in [0.15, 0.2) is 0 Å². The summed E-state index contributed by atoms with van der Waals surface area (Å²) in [6, 6.07) is 9.87. The predicted molar refractivity (Wildman–Crippen MR) is 78.9 cm³/mol. The fourth-order valence-corrected chi connectivity index (χ4v) is 5.17. The first kappa shape index (κ1) is 12.2. The van der Waals surface area contributed by atoms with Crippen molar-refractivity contribution in [1.29, 1.82) is 0 Å². The molecule has 0 radical (unpaired) electrons. The molecule has 4 fully saturated rings. The molecule has 102 valence electrons. The molecular formula is C19H20O. The molecule has 0 aromatic heterocycles. The van der Waals surface area contributed by atoms with E-state index in [0.717, 1.165) is 42.6 Å². The van der Waals surface area contributed by atoms with Crippen LogP contribution in [-0.2, 0) is 4.79 Å². The first-order valence-electron chi connectivity index (χ1n) is 7.85. The van der Waals surface area contributed by atoms with Gasteiger partial charge in [-0.05, 0) is 74.3 Å². The van der Waals surface area contributed by atoms with Crippen molar-refractivity contribution in [3.63, 3.8) is 0 Å². The van der Waals surface area contributed by atoms with Gasteiger partial charge in [-0.2, -0.15) is 0 Å². The molecule has 0 heterocycles. The summed E-state index contributed by atoms with van der Waals surface area (Å²) in [7, 11) is 0. The van der Waals surface area contributed by atoms with E-state index in [-0.39, 0.29) is 11.2 Å². The topological polar surface area (TPSA) is 17.1 Å². The van der Waals surface area contributed by atoms with Crippen molar-refractivity contribution in [3.8, 4) is 11.8 Å². The zero-order valence-electron chi connectivity index (χ0n) is 11.8. The molecule has 0 aliphatic heterocycles. The van der Waals surface area contributed by atoms with Crippen LogP contribution in [0.4, 0.5) is 0 Å². The molecule has 0 amide bonds. The Balaban J connectivity index is 1.58. The summed E-state index contributed by atoms with van der Waals surface area (Å²) in [4.78, 5) is 12.7. The highest BCUT2D eigenvalue weighted by Gasteiger charge is 2.54. The van der Waals surface area contributed by atoms with Crippen LogP contribution in [0.1, 0.15) is 44.1 Å². The van der Waals surface area contributed by atoms with Crippen molar-refractivity contribution < 1.29 is 4.79 Å². The summed E-state index contributed by atoms with van der Waals surface area (Å²) in [5, 5.41) is 0. The van der Waals surface area contributed by atoms with E-state index in [2.05, 4.69) is 11.8 Å². The lowest BCUT2D eigenvalue weighted by molar-refractivity contribution is -0.137. The van der Waals surface area contributed by atoms with E-state index in [1.54, 1.807) is 0 Å². The Morgan fingerprint density at radius 1 is 0.950 bits per heavy atom. The van der Waals surface area contributed by atoms with Crippen LogP contribution in [0.3, 0.4) is 0 Å². The van der Waals surface area contributed by atoms with E-state index in [0.29, 0.717) is 0 Å². The number of benzene rings is 1. The Morgan fingerprint density at radius 2 is 1.50 bits per heavy atom. The van der Waals surface area contributed by atoms with E-state index in [4.69, 9.17) is 0 Å². The van der Waals surface area contributed by atoms with Crippen LogP contribution in [0.15, 0.2) is 30.3 Å². The molecule has 20 heavy (non-hydrogen) atoms. The van der Waals surface area contributed by atoms with Crippen LogP contribution >= 0.6 is 0 Å². The molecule has 4 saturated carbocycles. The van der Waals surface area contributed by atoms with Crippen LogP contribution in [0.25, 0.3) is 0 Å². The summed E-state index contributed by atoms with van der Waals surface area (Å²) in [6.07, 6.45) is 7.46. The second-order valence-corrected chi connectivity index (χ2v) is 7.14. The second kappa shape index (κ2) is 4.48. The third-order valence-electron chi connectivity index (χ3n) is 5.61. The van der Waals surface area contributed by atoms with Gasteiger partial charge < -0.3 is 0 Å². The molecule has 4 bridgehead atoms. The highest BCUT2D eigenvalue weighted by molar-refractivity contribution is 6.00. The summed E-state index contributed by atoms with van der Waals surface area (Å²) >= 11 is 0. The van der Waals surface area contributed by atoms with Crippen molar-refractivity contribution >= 4 is 5.78 Å². The molecule has 0 atom stereocenters.